The number of nitrogens with zero attached hydrogens (tertiary/aromatic N) is 3. The Labute approximate surface area is 169 Å². The molecule has 0 unspecified atom stereocenters. The average molecular weight is 394 g/mol. The van der Waals surface area contributed by atoms with E-state index in [2.05, 4.69) is 19.2 Å². The van der Waals surface area contributed by atoms with Crippen molar-refractivity contribution in [3.8, 4) is 0 Å². The molecule has 1 aromatic carbocycles. The molecule has 0 aliphatic carbocycles. The number of imidazole rings is 1. The van der Waals surface area contributed by atoms with Crippen LogP contribution in [0.2, 0.25) is 0 Å². The van der Waals surface area contributed by atoms with E-state index >= 15 is 0 Å². The lowest BCUT2D eigenvalue weighted by atomic mass is 10.0. The number of rotatable bonds is 6. The minimum atomic E-state index is -0.367. The van der Waals surface area contributed by atoms with E-state index in [0.717, 1.165) is 22.6 Å². The molecule has 29 heavy (non-hydrogen) atoms. The summed E-state index contributed by atoms with van der Waals surface area (Å²) in [7, 11) is 1.97. The van der Waals surface area contributed by atoms with Gasteiger partial charge in [-0.05, 0) is 30.2 Å². The maximum atomic E-state index is 13.0. The third-order valence-electron chi connectivity index (χ3n) is 5.58. The third-order valence-corrected chi connectivity index (χ3v) is 5.58. The van der Waals surface area contributed by atoms with Gasteiger partial charge in [-0.1, -0.05) is 26.0 Å². The Balaban J connectivity index is 1.49. The van der Waals surface area contributed by atoms with Crippen LogP contribution >= 0.6 is 0 Å². The van der Waals surface area contributed by atoms with Gasteiger partial charge in [0, 0.05) is 20.0 Å². The van der Waals surface area contributed by atoms with Crippen LogP contribution in [0.15, 0.2) is 47.1 Å². The molecule has 1 fully saturated rings. The van der Waals surface area contributed by atoms with Crippen molar-refractivity contribution in [2.24, 2.45) is 18.9 Å². The molecule has 4 rings (SSSR count). The molecule has 3 aromatic rings. The van der Waals surface area contributed by atoms with E-state index in [0.29, 0.717) is 13.1 Å². The van der Waals surface area contributed by atoms with Crippen molar-refractivity contribution in [1.82, 2.24) is 19.8 Å². The quantitative estimate of drug-likeness (QED) is 0.697. The Morgan fingerprint density at radius 3 is 2.76 bits per heavy atom. The standard InChI is InChI=1S/C22H26N4O3/c1-14(2)20(21-23-17-8-4-5-9-18(17)25(21)3)24-22(28)15-11-19(27)26(12-15)13-16-7-6-10-29-16/h4-10,14-15,20H,11-13H2,1-3H3,(H,24,28)/t15-,20-/m0/s1. The van der Waals surface area contributed by atoms with Crippen LogP contribution in [-0.2, 0) is 23.2 Å². The SMILES string of the molecule is CC(C)[C@H](NC(=O)[C@H]1CC(=O)N(Cc2ccco2)C1)c1nc2ccccc2n1C. The van der Waals surface area contributed by atoms with E-state index < -0.39 is 0 Å². The summed E-state index contributed by atoms with van der Waals surface area (Å²) in [6.45, 7) is 4.92. The van der Waals surface area contributed by atoms with E-state index in [9.17, 15) is 9.59 Å². The summed E-state index contributed by atoms with van der Waals surface area (Å²) < 4.78 is 7.36. The second-order valence-electron chi connectivity index (χ2n) is 8.00. The predicted molar refractivity (Wildman–Crippen MR) is 109 cm³/mol. The van der Waals surface area contributed by atoms with Crippen molar-refractivity contribution < 1.29 is 14.0 Å². The molecular weight excluding hydrogens is 368 g/mol. The van der Waals surface area contributed by atoms with Crippen molar-refractivity contribution >= 4 is 22.8 Å². The van der Waals surface area contributed by atoms with Crippen molar-refractivity contribution in [3.63, 3.8) is 0 Å². The number of benzene rings is 1. The molecule has 1 aliphatic heterocycles. The monoisotopic (exact) mass is 394 g/mol. The van der Waals surface area contributed by atoms with E-state index in [1.807, 2.05) is 41.9 Å². The van der Waals surface area contributed by atoms with Gasteiger partial charge in [0.15, 0.2) is 0 Å². The lowest BCUT2D eigenvalue weighted by Crippen LogP contribution is -2.38. The highest BCUT2D eigenvalue weighted by Gasteiger charge is 2.36. The molecule has 1 saturated heterocycles. The summed E-state index contributed by atoms with van der Waals surface area (Å²) >= 11 is 0. The van der Waals surface area contributed by atoms with Crippen LogP contribution in [-0.4, -0.2) is 32.8 Å². The molecule has 0 spiro atoms. The molecule has 1 aliphatic rings. The molecular formula is C22H26N4O3. The van der Waals surface area contributed by atoms with Crippen molar-refractivity contribution in [1.29, 1.82) is 0 Å². The fourth-order valence-corrected chi connectivity index (χ4v) is 3.93. The van der Waals surface area contributed by atoms with Crippen molar-refractivity contribution in [2.75, 3.05) is 6.54 Å². The smallest absolute Gasteiger partial charge is 0.226 e. The maximum Gasteiger partial charge on any atom is 0.226 e. The molecule has 3 heterocycles. The summed E-state index contributed by atoms with van der Waals surface area (Å²) in [6.07, 6.45) is 1.81. The van der Waals surface area contributed by atoms with Crippen LogP contribution < -0.4 is 5.32 Å². The summed E-state index contributed by atoms with van der Waals surface area (Å²) in [4.78, 5) is 31.8. The van der Waals surface area contributed by atoms with Crippen LogP contribution in [0.3, 0.4) is 0 Å². The number of amides is 2. The molecule has 1 N–H and O–H groups in total. The maximum absolute atomic E-state index is 13.0. The third kappa shape index (κ3) is 3.77. The number of aryl methyl sites for hydroxylation is 1. The number of carbonyl (C=O) groups excluding carboxylic acids is 2. The van der Waals surface area contributed by atoms with Gasteiger partial charge in [-0.2, -0.15) is 0 Å². The van der Waals surface area contributed by atoms with Gasteiger partial charge in [0.2, 0.25) is 11.8 Å². The van der Waals surface area contributed by atoms with Gasteiger partial charge in [-0.3, -0.25) is 9.59 Å². The van der Waals surface area contributed by atoms with Crippen molar-refractivity contribution in [2.45, 2.75) is 32.9 Å². The zero-order chi connectivity index (χ0) is 20.5. The highest BCUT2D eigenvalue weighted by atomic mass is 16.3. The second-order valence-corrected chi connectivity index (χ2v) is 8.00. The molecule has 0 saturated carbocycles. The van der Waals surface area contributed by atoms with Crippen LogP contribution in [0.25, 0.3) is 11.0 Å². The van der Waals surface area contributed by atoms with Gasteiger partial charge in [0.05, 0.1) is 35.8 Å². The van der Waals surface area contributed by atoms with E-state index in [1.54, 1.807) is 17.2 Å². The first-order valence-electron chi connectivity index (χ1n) is 9.96. The van der Waals surface area contributed by atoms with E-state index in [-0.39, 0.29) is 36.1 Å². The van der Waals surface area contributed by atoms with Crippen LogP contribution in [0.1, 0.15) is 37.9 Å². The molecule has 7 heteroatoms. The molecule has 2 amide bonds. The molecule has 0 radical (unpaired) electrons. The van der Waals surface area contributed by atoms with Crippen LogP contribution in [0.5, 0.6) is 0 Å². The Bertz CT molecular complexity index is 1020. The minimum Gasteiger partial charge on any atom is -0.467 e. The van der Waals surface area contributed by atoms with Gasteiger partial charge in [-0.15, -0.1) is 0 Å². The average Bonchev–Trinajstić information content (AvgIpc) is 3.41. The highest BCUT2D eigenvalue weighted by molar-refractivity contribution is 5.89. The van der Waals surface area contributed by atoms with Crippen LogP contribution in [0, 0.1) is 11.8 Å². The van der Waals surface area contributed by atoms with Gasteiger partial charge >= 0.3 is 0 Å². The van der Waals surface area contributed by atoms with Gasteiger partial charge in [0.25, 0.3) is 0 Å². The Kier molecular flexibility index (Phi) is 5.13. The number of likely N-dealkylation sites (tertiary alicyclic amines) is 1. The highest BCUT2D eigenvalue weighted by Crippen LogP contribution is 2.27. The molecule has 152 valence electrons. The fourth-order valence-electron chi connectivity index (χ4n) is 3.93. The lowest BCUT2D eigenvalue weighted by molar-refractivity contribution is -0.129. The number of para-hydroxylation sites is 2. The van der Waals surface area contributed by atoms with E-state index in [1.165, 1.54) is 0 Å². The molecule has 2 atom stereocenters. The molecule has 0 bridgehead atoms. The van der Waals surface area contributed by atoms with E-state index in [4.69, 9.17) is 9.40 Å². The van der Waals surface area contributed by atoms with Gasteiger partial charge in [-0.25, -0.2) is 4.98 Å². The Morgan fingerprint density at radius 1 is 1.28 bits per heavy atom. The number of furan rings is 1. The summed E-state index contributed by atoms with van der Waals surface area (Å²) in [5, 5.41) is 3.15. The summed E-state index contributed by atoms with van der Waals surface area (Å²) in [5.74, 6) is 1.21. The summed E-state index contributed by atoms with van der Waals surface area (Å²) in [5.41, 5.74) is 1.94. The van der Waals surface area contributed by atoms with Gasteiger partial charge in [0.1, 0.15) is 11.6 Å². The zero-order valence-electron chi connectivity index (χ0n) is 17.0. The topological polar surface area (TPSA) is 80.4 Å². The number of fused-ring (bicyclic) bond motifs is 1. The number of hydrogen-bond donors (Lipinski definition) is 1. The minimum absolute atomic E-state index is 0.0228. The molecule has 7 nitrogen and oxygen atoms in total. The Morgan fingerprint density at radius 2 is 2.07 bits per heavy atom. The summed E-state index contributed by atoms with van der Waals surface area (Å²) in [6, 6.07) is 11.3. The van der Waals surface area contributed by atoms with Crippen molar-refractivity contribution in [3.05, 3.63) is 54.2 Å². The number of aromatic nitrogens is 2. The number of nitrogens with one attached hydrogen (secondary N) is 1. The lowest BCUT2D eigenvalue weighted by Gasteiger charge is -2.24. The fraction of sp³-hybridized carbons (Fsp3) is 0.409. The predicted octanol–water partition coefficient (Wildman–Crippen LogP) is 3.03. The first-order chi connectivity index (χ1) is 13.9. The number of carbonyl (C=O) groups is 2. The first kappa shape index (κ1) is 19.2. The largest absolute Gasteiger partial charge is 0.467 e. The second kappa shape index (κ2) is 7.73. The number of hydrogen-bond acceptors (Lipinski definition) is 4. The molecule has 2 aromatic heterocycles. The van der Waals surface area contributed by atoms with Gasteiger partial charge < -0.3 is 19.2 Å². The zero-order valence-corrected chi connectivity index (χ0v) is 17.0. The normalized spacial score (nSPS) is 18.0. The first-order valence-corrected chi connectivity index (χ1v) is 9.96. The van der Waals surface area contributed by atoms with Crippen LogP contribution in [0.4, 0.5) is 0 Å². The Hall–Kier alpha value is -3.09.